The number of hydrogen-bond donors (Lipinski definition) is 0. The van der Waals surface area contributed by atoms with E-state index in [4.69, 9.17) is 4.74 Å². The lowest BCUT2D eigenvalue weighted by Crippen LogP contribution is -2.13. The normalized spacial score (nSPS) is 18.0. The third-order valence-electron chi connectivity index (χ3n) is 2.81. The van der Waals surface area contributed by atoms with E-state index in [1.165, 1.54) is 16.8 Å². The van der Waals surface area contributed by atoms with E-state index >= 15 is 0 Å². The molecular formula is C12H15NO. The highest BCUT2D eigenvalue weighted by molar-refractivity contribution is 5.88. The van der Waals surface area contributed by atoms with E-state index in [2.05, 4.69) is 17.1 Å². The van der Waals surface area contributed by atoms with Gasteiger partial charge < -0.3 is 4.74 Å². The van der Waals surface area contributed by atoms with Gasteiger partial charge in [-0.3, -0.25) is 4.99 Å². The summed E-state index contributed by atoms with van der Waals surface area (Å²) in [6.45, 7) is 0. The second-order valence-electron chi connectivity index (χ2n) is 3.60. The van der Waals surface area contributed by atoms with Gasteiger partial charge in [0.05, 0.1) is 7.11 Å². The van der Waals surface area contributed by atoms with E-state index in [1.54, 1.807) is 7.11 Å². The van der Waals surface area contributed by atoms with E-state index in [0.717, 1.165) is 25.0 Å². The summed E-state index contributed by atoms with van der Waals surface area (Å²) in [6.07, 6.45) is 3.21. The number of methoxy groups -OCH3 is 1. The molecule has 0 saturated carbocycles. The monoisotopic (exact) mass is 189 g/mol. The van der Waals surface area contributed by atoms with Crippen molar-refractivity contribution in [1.82, 2.24) is 0 Å². The fourth-order valence-corrected chi connectivity index (χ4v) is 1.92. The van der Waals surface area contributed by atoms with E-state index in [-0.39, 0.29) is 0 Å². The summed E-state index contributed by atoms with van der Waals surface area (Å²) >= 11 is 0. The molecule has 0 aromatic heterocycles. The maximum atomic E-state index is 5.21. The van der Waals surface area contributed by atoms with E-state index in [0.29, 0.717) is 0 Å². The Morgan fingerprint density at radius 1 is 1.21 bits per heavy atom. The molecule has 0 N–H and O–H groups in total. The first-order valence-corrected chi connectivity index (χ1v) is 4.94. The van der Waals surface area contributed by atoms with Gasteiger partial charge in [-0.25, -0.2) is 0 Å². The molecule has 0 amide bonds. The molecule has 2 rings (SSSR count). The molecule has 0 bridgehead atoms. The molecule has 0 fully saturated rings. The summed E-state index contributed by atoms with van der Waals surface area (Å²) in [5, 5.41) is 0. The first-order chi connectivity index (χ1) is 6.83. The smallest absolute Gasteiger partial charge is 0.119 e. The SMILES string of the molecule is CN=C1CCc2ccc(OC)cc2C1. The van der Waals surface area contributed by atoms with E-state index in [9.17, 15) is 0 Å². The Labute approximate surface area is 84.6 Å². The van der Waals surface area contributed by atoms with Crippen molar-refractivity contribution in [2.75, 3.05) is 14.2 Å². The molecule has 14 heavy (non-hydrogen) atoms. The zero-order chi connectivity index (χ0) is 9.97. The Hall–Kier alpha value is -1.31. The molecule has 1 aliphatic carbocycles. The van der Waals surface area contributed by atoms with Crippen molar-refractivity contribution >= 4 is 5.71 Å². The second-order valence-corrected chi connectivity index (χ2v) is 3.60. The van der Waals surface area contributed by atoms with E-state index < -0.39 is 0 Å². The number of aryl methyl sites for hydroxylation is 1. The first kappa shape index (κ1) is 9.25. The van der Waals surface area contributed by atoms with Crippen LogP contribution in [0.3, 0.4) is 0 Å². The largest absolute Gasteiger partial charge is 0.497 e. The maximum Gasteiger partial charge on any atom is 0.119 e. The minimum absolute atomic E-state index is 0.945. The Kier molecular flexibility index (Phi) is 2.53. The van der Waals surface area contributed by atoms with Gasteiger partial charge in [0.2, 0.25) is 0 Å². The zero-order valence-corrected chi connectivity index (χ0v) is 8.71. The van der Waals surface area contributed by atoms with Crippen LogP contribution in [0, 0.1) is 0 Å². The van der Waals surface area contributed by atoms with Crippen molar-refractivity contribution in [2.24, 2.45) is 4.99 Å². The van der Waals surface area contributed by atoms with Crippen molar-refractivity contribution in [3.8, 4) is 5.75 Å². The number of hydrogen-bond acceptors (Lipinski definition) is 2. The number of fused-ring (bicyclic) bond motifs is 1. The second kappa shape index (κ2) is 3.82. The fraction of sp³-hybridized carbons (Fsp3) is 0.417. The topological polar surface area (TPSA) is 21.6 Å². The molecule has 2 heteroatoms. The van der Waals surface area contributed by atoms with Crippen LogP contribution in [0.15, 0.2) is 23.2 Å². The third-order valence-corrected chi connectivity index (χ3v) is 2.81. The Morgan fingerprint density at radius 3 is 2.79 bits per heavy atom. The molecule has 0 spiro atoms. The minimum Gasteiger partial charge on any atom is -0.497 e. The maximum absolute atomic E-state index is 5.21. The summed E-state index contributed by atoms with van der Waals surface area (Å²) in [5.41, 5.74) is 4.11. The number of aliphatic imine (C=N–C) groups is 1. The number of nitrogens with zero attached hydrogens (tertiary/aromatic N) is 1. The van der Waals surface area contributed by atoms with Crippen LogP contribution in [0.25, 0.3) is 0 Å². The van der Waals surface area contributed by atoms with Gasteiger partial charge >= 0.3 is 0 Å². The lowest BCUT2D eigenvalue weighted by molar-refractivity contribution is 0.414. The van der Waals surface area contributed by atoms with Crippen molar-refractivity contribution in [3.05, 3.63) is 29.3 Å². The Morgan fingerprint density at radius 2 is 2.07 bits per heavy atom. The number of ether oxygens (including phenoxy) is 1. The number of benzene rings is 1. The first-order valence-electron chi connectivity index (χ1n) is 4.94. The standard InChI is InChI=1S/C12H15NO/c1-13-11-5-3-9-4-6-12(14-2)8-10(9)7-11/h4,6,8H,3,5,7H2,1-2H3. The Balaban J connectivity index is 2.34. The summed E-state index contributed by atoms with van der Waals surface area (Å²) in [5.74, 6) is 0.945. The number of rotatable bonds is 1. The van der Waals surface area contributed by atoms with Gasteiger partial charge in [-0.05, 0) is 36.1 Å². The predicted molar refractivity (Wildman–Crippen MR) is 58.4 cm³/mol. The highest BCUT2D eigenvalue weighted by Gasteiger charge is 2.13. The van der Waals surface area contributed by atoms with Crippen molar-refractivity contribution < 1.29 is 4.74 Å². The van der Waals surface area contributed by atoms with Crippen LogP contribution in [-0.4, -0.2) is 19.9 Å². The van der Waals surface area contributed by atoms with Crippen molar-refractivity contribution in [2.45, 2.75) is 19.3 Å². The van der Waals surface area contributed by atoms with Crippen LogP contribution in [0.4, 0.5) is 0 Å². The van der Waals surface area contributed by atoms with Gasteiger partial charge in [-0.1, -0.05) is 6.07 Å². The average Bonchev–Trinajstić information content (AvgIpc) is 2.27. The minimum atomic E-state index is 0.945. The van der Waals surface area contributed by atoms with Crippen LogP contribution >= 0.6 is 0 Å². The molecule has 0 saturated heterocycles. The summed E-state index contributed by atoms with van der Waals surface area (Å²) in [7, 11) is 3.58. The van der Waals surface area contributed by atoms with Gasteiger partial charge in [-0.15, -0.1) is 0 Å². The lowest BCUT2D eigenvalue weighted by Gasteiger charge is -2.17. The molecule has 0 unspecified atom stereocenters. The summed E-state index contributed by atoms with van der Waals surface area (Å²) in [6, 6.07) is 6.33. The van der Waals surface area contributed by atoms with Gasteiger partial charge in [0.25, 0.3) is 0 Å². The van der Waals surface area contributed by atoms with Crippen LogP contribution in [-0.2, 0) is 12.8 Å². The van der Waals surface area contributed by atoms with Crippen molar-refractivity contribution in [3.63, 3.8) is 0 Å². The average molecular weight is 189 g/mol. The van der Waals surface area contributed by atoms with Gasteiger partial charge in [-0.2, -0.15) is 0 Å². The van der Waals surface area contributed by atoms with Crippen LogP contribution in [0.2, 0.25) is 0 Å². The van der Waals surface area contributed by atoms with E-state index in [1.807, 2.05) is 13.1 Å². The summed E-state index contributed by atoms with van der Waals surface area (Å²) in [4.78, 5) is 4.28. The van der Waals surface area contributed by atoms with Gasteiger partial charge in [0.15, 0.2) is 0 Å². The Bertz CT molecular complexity index is 369. The van der Waals surface area contributed by atoms with Crippen LogP contribution in [0.5, 0.6) is 5.75 Å². The molecule has 74 valence electrons. The van der Waals surface area contributed by atoms with Gasteiger partial charge in [0, 0.05) is 19.2 Å². The summed E-state index contributed by atoms with van der Waals surface area (Å²) < 4.78 is 5.21. The highest BCUT2D eigenvalue weighted by Crippen LogP contribution is 2.24. The van der Waals surface area contributed by atoms with Crippen LogP contribution in [0.1, 0.15) is 17.5 Å². The molecule has 0 aliphatic heterocycles. The molecular weight excluding hydrogens is 174 g/mol. The third kappa shape index (κ3) is 1.65. The van der Waals surface area contributed by atoms with Gasteiger partial charge in [0.1, 0.15) is 5.75 Å². The highest BCUT2D eigenvalue weighted by atomic mass is 16.5. The molecule has 1 aromatic carbocycles. The molecule has 1 aromatic rings. The molecule has 0 heterocycles. The van der Waals surface area contributed by atoms with Crippen LogP contribution < -0.4 is 4.74 Å². The lowest BCUT2D eigenvalue weighted by atomic mass is 9.90. The molecule has 0 radical (unpaired) electrons. The molecule has 0 atom stereocenters. The molecule has 2 nitrogen and oxygen atoms in total. The molecule has 1 aliphatic rings. The van der Waals surface area contributed by atoms with Crippen molar-refractivity contribution in [1.29, 1.82) is 0 Å². The fourth-order valence-electron chi connectivity index (χ4n) is 1.92. The quantitative estimate of drug-likeness (QED) is 0.664. The zero-order valence-electron chi connectivity index (χ0n) is 8.71. The predicted octanol–water partition coefficient (Wildman–Crippen LogP) is 2.25.